The summed E-state index contributed by atoms with van der Waals surface area (Å²) in [4.78, 5) is 14.7. The third kappa shape index (κ3) is 5.01. The SMILES string of the molecule is O=C(COc1cc(Cl)cc(Cl)c1)N[C@H]1CC[C@@H](N2CCCCC2)C1. The van der Waals surface area contributed by atoms with Gasteiger partial charge in [0, 0.05) is 22.1 Å². The van der Waals surface area contributed by atoms with E-state index in [4.69, 9.17) is 27.9 Å². The van der Waals surface area contributed by atoms with Crippen LogP contribution in [0.25, 0.3) is 0 Å². The molecule has 4 nitrogen and oxygen atoms in total. The predicted octanol–water partition coefficient (Wildman–Crippen LogP) is 3.90. The van der Waals surface area contributed by atoms with Gasteiger partial charge in [-0.15, -0.1) is 0 Å². The fourth-order valence-electron chi connectivity index (χ4n) is 3.73. The van der Waals surface area contributed by atoms with Gasteiger partial charge in [-0.1, -0.05) is 29.6 Å². The zero-order valence-corrected chi connectivity index (χ0v) is 15.3. The van der Waals surface area contributed by atoms with Gasteiger partial charge in [-0.25, -0.2) is 0 Å². The number of nitrogens with zero attached hydrogens (tertiary/aromatic N) is 1. The van der Waals surface area contributed by atoms with Gasteiger partial charge < -0.3 is 15.0 Å². The number of carbonyl (C=O) groups excluding carboxylic acids is 1. The Bertz CT molecular complexity index is 556. The number of halogens is 2. The minimum atomic E-state index is -0.0876. The monoisotopic (exact) mass is 370 g/mol. The number of carbonyl (C=O) groups is 1. The topological polar surface area (TPSA) is 41.6 Å². The number of hydrogen-bond donors (Lipinski definition) is 1. The molecule has 2 atom stereocenters. The summed E-state index contributed by atoms with van der Waals surface area (Å²) < 4.78 is 5.49. The van der Waals surface area contributed by atoms with E-state index in [1.807, 2.05) is 0 Å². The van der Waals surface area contributed by atoms with Crippen LogP contribution in [-0.4, -0.2) is 42.6 Å². The van der Waals surface area contributed by atoms with E-state index in [2.05, 4.69) is 10.2 Å². The summed E-state index contributed by atoms with van der Waals surface area (Å²) in [5, 5.41) is 4.09. The van der Waals surface area contributed by atoms with Crippen LogP contribution in [0.2, 0.25) is 10.0 Å². The molecule has 24 heavy (non-hydrogen) atoms. The molecule has 1 saturated carbocycles. The Balaban J connectivity index is 1.42. The standard InChI is InChI=1S/C18H24Cl2N2O2/c19-13-8-14(20)10-17(9-13)24-12-18(23)21-15-4-5-16(11-15)22-6-2-1-3-7-22/h8-10,15-16H,1-7,11-12H2,(H,21,23)/t15-,16+/m0/s1. The first-order chi connectivity index (χ1) is 11.6. The first-order valence-electron chi connectivity index (χ1n) is 8.72. The molecule has 132 valence electrons. The lowest BCUT2D eigenvalue weighted by atomic mass is 10.1. The number of amides is 1. The van der Waals surface area contributed by atoms with Gasteiger partial charge in [0.05, 0.1) is 0 Å². The molecule has 1 amide bonds. The fourth-order valence-corrected chi connectivity index (χ4v) is 4.24. The first kappa shape index (κ1) is 17.8. The van der Waals surface area contributed by atoms with Gasteiger partial charge in [-0.05, 0) is 63.4 Å². The van der Waals surface area contributed by atoms with Gasteiger partial charge >= 0.3 is 0 Å². The summed E-state index contributed by atoms with van der Waals surface area (Å²) >= 11 is 11.8. The highest BCUT2D eigenvalue weighted by atomic mass is 35.5. The van der Waals surface area contributed by atoms with E-state index in [1.54, 1.807) is 18.2 Å². The van der Waals surface area contributed by atoms with Crippen molar-refractivity contribution in [3.8, 4) is 5.75 Å². The Morgan fingerprint density at radius 1 is 1.12 bits per heavy atom. The number of likely N-dealkylation sites (tertiary alicyclic amines) is 1. The molecule has 0 aromatic heterocycles. The minimum absolute atomic E-state index is 0.0123. The van der Waals surface area contributed by atoms with Crippen molar-refractivity contribution in [3.63, 3.8) is 0 Å². The number of ether oxygens (including phenoxy) is 1. The van der Waals surface area contributed by atoms with Crippen molar-refractivity contribution in [1.29, 1.82) is 0 Å². The molecule has 3 rings (SSSR count). The second kappa shape index (κ2) is 8.41. The van der Waals surface area contributed by atoms with Crippen molar-refractivity contribution in [1.82, 2.24) is 10.2 Å². The smallest absolute Gasteiger partial charge is 0.258 e. The van der Waals surface area contributed by atoms with Crippen molar-refractivity contribution in [2.75, 3.05) is 19.7 Å². The Morgan fingerprint density at radius 3 is 2.54 bits per heavy atom. The van der Waals surface area contributed by atoms with Crippen molar-refractivity contribution in [3.05, 3.63) is 28.2 Å². The van der Waals surface area contributed by atoms with E-state index in [1.165, 1.54) is 38.8 Å². The Kier molecular flexibility index (Phi) is 6.25. The Hall–Kier alpha value is -0.970. The molecule has 1 aromatic rings. The molecule has 0 bridgehead atoms. The van der Waals surface area contributed by atoms with Crippen LogP contribution in [0.1, 0.15) is 38.5 Å². The third-order valence-electron chi connectivity index (χ3n) is 4.88. The second-order valence-electron chi connectivity index (χ2n) is 6.72. The van der Waals surface area contributed by atoms with Crippen LogP contribution in [-0.2, 0) is 4.79 Å². The maximum Gasteiger partial charge on any atom is 0.258 e. The summed E-state index contributed by atoms with van der Waals surface area (Å²) in [5.41, 5.74) is 0. The highest BCUT2D eigenvalue weighted by molar-refractivity contribution is 6.34. The van der Waals surface area contributed by atoms with Gasteiger partial charge in [0.25, 0.3) is 5.91 Å². The molecular formula is C18H24Cl2N2O2. The normalized spacial score (nSPS) is 24.8. The average molecular weight is 371 g/mol. The largest absolute Gasteiger partial charge is 0.484 e. The molecule has 0 spiro atoms. The molecule has 1 aliphatic carbocycles. The molecule has 2 fully saturated rings. The predicted molar refractivity (Wildman–Crippen MR) is 97.0 cm³/mol. The van der Waals surface area contributed by atoms with E-state index in [0.29, 0.717) is 21.8 Å². The molecule has 1 N–H and O–H groups in total. The van der Waals surface area contributed by atoms with Gasteiger partial charge in [0.15, 0.2) is 6.61 Å². The zero-order valence-electron chi connectivity index (χ0n) is 13.8. The Morgan fingerprint density at radius 2 is 1.83 bits per heavy atom. The van der Waals surface area contributed by atoms with Crippen molar-refractivity contribution in [2.45, 2.75) is 50.6 Å². The van der Waals surface area contributed by atoms with Crippen LogP contribution in [0.4, 0.5) is 0 Å². The van der Waals surface area contributed by atoms with E-state index >= 15 is 0 Å². The molecule has 1 aromatic carbocycles. The van der Waals surface area contributed by atoms with Crippen LogP contribution < -0.4 is 10.1 Å². The molecule has 0 radical (unpaired) electrons. The highest BCUT2D eigenvalue weighted by Gasteiger charge is 2.30. The van der Waals surface area contributed by atoms with Gasteiger partial charge in [-0.3, -0.25) is 4.79 Å². The molecular weight excluding hydrogens is 347 g/mol. The van der Waals surface area contributed by atoms with Crippen molar-refractivity contribution >= 4 is 29.1 Å². The van der Waals surface area contributed by atoms with Crippen LogP contribution in [0, 0.1) is 0 Å². The molecule has 1 heterocycles. The first-order valence-corrected chi connectivity index (χ1v) is 9.48. The maximum absolute atomic E-state index is 12.1. The van der Waals surface area contributed by atoms with Crippen LogP contribution in [0.15, 0.2) is 18.2 Å². The van der Waals surface area contributed by atoms with Crippen molar-refractivity contribution in [2.24, 2.45) is 0 Å². The molecule has 0 unspecified atom stereocenters. The van der Waals surface area contributed by atoms with E-state index in [0.717, 1.165) is 12.8 Å². The number of hydrogen-bond acceptors (Lipinski definition) is 3. The quantitative estimate of drug-likeness (QED) is 0.854. The molecule has 2 aliphatic rings. The van der Waals surface area contributed by atoms with E-state index in [-0.39, 0.29) is 18.6 Å². The molecule has 1 aliphatic heterocycles. The van der Waals surface area contributed by atoms with Crippen molar-refractivity contribution < 1.29 is 9.53 Å². The van der Waals surface area contributed by atoms with Gasteiger partial charge in [0.2, 0.25) is 0 Å². The summed E-state index contributed by atoms with van der Waals surface area (Å²) in [5.74, 6) is 0.427. The Labute approximate surface area is 153 Å². The lowest BCUT2D eigenvalue weighted by molar-refractivity contribution is -0.123. The van der Waals surface area contributed by atoms with Crippen LogP contribution in [0.3, 0.4) is 0 Å². The second-order valence-corrected chi connectivity index (χ2v) is 7.59. The lowest BCUT2D eigenvalue weighted by Gasteiger charge is -2.32. The lowest BCUT2D eigenvalue weighted by Crippen LogP contribution is -2.40. The summed E-state index contributed by atoms with van der Waals surface area (Å²) in [6.07, 6.45) is 7.25. The van der Waals surface area contributed by atoms with E-state index in [9.17, 15) is 4.79 Å². The summed E-state index contributed by atoms with van der Waals surface area (Å²) in [6.45, 7) is 2.41. The maximum atomic E-state index is 12.1. The number of nitrogens with one attached hydrogen (secondary N) is 1. The highest BCUT2D eigenvalue weighted by Crippen LogP contribution is 2.27. The summed E-state index contributed by atoms with van der Waals surface area (Å²) in [7, 11) is 0. The van der Waals surface area contributed by atoms with Crippen LogP contribution >= 0.6 is 23.2 Å². The summed E-state index contributed by atoms with van der Waals surface area (Å²) in [6, 6.07) is 5.83. The number of benzene rings is 1. The molecule has 6 heteroatoms. The zero-order chi connectivity index (χ0) is 16.9. The minimum Gasteiger partial charge on any atom is -0.484 e. The number of rotatable bonds is 5. The third-order valence-corrected chi connectivity index (χ3v) is 5.32. The van der Waals surface area contributed by atoms with Gasteiger partial charge in [-0.2, -0.15) is 0 Å². The van der Waals surface area contributed by atoms with Crippen LogP contribution in [0.5, 0.6) is 5.75 Å². The van der Waals surface area contributed by atoms with Gasteiger partial charge in [0.1, 0.15) is 5.75 Å². The fraction of sp³-hybridized carbons (Fsp3) is 0.611. The number of piperidine rings is 1. The molecule has 1 saturated heterocycles. The average Bonchev–Trinajstić information content (AvgIpc) is 3.01. The van der Waals surface area contributed by atoms with E-state index < -0.39 is 0 Å².